The Morgan fingerprint density at radius 3 is 2.53 bits per heavy atom. The molecule has 1 saturated heterocycles. The number of hydrogen-bond acceptors (Lipinski definition) is 3. The minimum Gasteiger partial charge on any atom is -0.351 e. The fraction of sp³-hybridized carbons (Fsp3) is 0.200. The summed E-state index contributed by atoms with van der Waals surface area (Å²) in [5.74, 6) is -0.230. The van der Waals surface area contributed by atoms with E-state index in [-0.39, 0.29) is 11.1 Å². The van der Waals surface area contributed by atoms with Crippen LogP contribution < -0.4 is 0 Å². The lowest BCUT2D eigenvalue weighted by atomic mass is 10.3. The van der Waals surface area contributed by atoms with Crippen LogP contribution in [0.3, 0.4) is 0 Å². The second-order valence-electron chi connectivity index (χ2n) is 3.28. The first-order chi connectivity index (χ1) is 7.09. The van der Waals surface area contributed by atoms with Gasteiger partial charge >= 0.3 is 0 Å². The molecule has 0 atom stereocenters. The Bertz CT molecular complexity index is 462. The van der Waals surface area contributed by atoms with Crippen molar-refractivity contribution in [3.8, 4) is 0 Å². The number of amides is 2. The van der Waals surface area contributed by atoms with Crippen molar-refractivity contribution < 1.29 is 9.59 Å². The zero-order chi connectivity index (χ0) is 11.0. The summed E-state index contributed by atoms with van der Waals surface area (Å²) in [5.41, 5.74) is 0.911. The van der Waals surface area contributed by atoms with Crippen LogP contribution in [0.15, 0.2) is 23.2 Å². The summed E-state index contributed by atoms with van der Waals surface area (Å²) in [7, 11) is 3.38. The number of rotatable bonds is 1. The van der Waals surface area contributed by atoms with Crippen LogP contribution in [0.2, 0.25) is 0 Å². The molecule has 0 unspecified atom stereocenters. The molecule has 0 N–H and O–H groups in total. The first-order valence-corrected chi connectivity index (χ1v) is 5.24. The maximum atomic E-state index is 11.6. The molecule has 0 bridgehead atoms. The highest BCUT2D eigenvalue weighted by Gasteiger charge is 2.31. The van der Waals surface area contributed by atoms with Gasteiger partial charge in [0, 0.05) is 26.0 Å². The van der Waals surface area contributed by atoms with Crippen molar-refractivity contribution in [1.29, 1.82) is 0 Å². The molecule has 78 valence electrons. The van der Waals surface area contributed by atoms with Gasteiger partial charge in [0.25, 0.3) is 11.1 Å². The van der Waals surface area contributed by atoms with E-state index in [1.807, 2.05) is 29.9 Å². The molecule has 1 aliphatic rings. The number of hydrogen-bond donors (Lipinski definition) is 0. The van der Waals surface area contributed by atoms with Gasteiger partial charge in [0.1, 0.15) is 0 Å². The van der Waals surface area contributed by atoms with Crippen molar-refractivity contribution >= 4 is 29.0 Å². The highest BCUT2D eigenvalue weighted by Crippen LogP contribution is 2.30. The van der Waals surface area contributed by atoms with Crippen LogP contribution in [0, 0.1) is 0 Å². The third-order valence-electron chi connectivity index (χ3n) is 2.25. The first-order valence-electron chi connectivity index (χ1n) is 4.42. The number of imide groups is 1. The Hall–Kier alpha value is -1.49. The topological polar surface area (TPSA) is 42.3 Å². The lowest BCUT2D eigenvalue weighted by Crippen LogP contribution is -2.22. The van der Waals surface area contributed by atoms with E-state index < -0.39 is 0 Å². The van der Waals surface area contributed by atoms with E-state index in [2.05, 4.69) is 0 Å². The van der Waals surface area contributed by atoms with Gasteiger partial charge in [-0.1, -0.05) is 0 Å². The van der Waals surface area contributed by atoms with Crippen molar-refractivity contribution in [2.45, 2.75) is 0 Å². The van der Waals surface area contributed by atoms with E-state index in [0.29, 0.717) is 4.91 Å². The molecule has 15 heavy (non-hydrogen) atoms. The molecule has 2 amide bonds. The highest BCUT2D eigenvalue weighted by atomic mass is 32.2. The molecule has 1 aromatic rings. The van der Waals surface area contributed by atoms with Crippen LogP contribution >= 0.6 is 11.8 Å². The quantitative estimate of drug-likeness (QED) is 0.679. The molecule has 1 fully saturated rings. The van der Waals surface area contributed by atoms with Crippen molar-refractivity contribution in [2.75, 3.05) is 7.05 Å². The molecule has 5 heteroatoms. The zero-order valence-corrected chi connectivity index (χ0v) is 9.25. The Morgan fingerprint density at radius 1 is 1.33 bits per heavy atom. The number of nitrogens with zero attached hydrogens (tertiary/aromatic N) is 2. The van der Waals surface area contributed by atoms with E-state index in [4.69, 9.17) is 0 Å². The van der Waals surface area contributed by atoms with Crippen LogP contribution in [-0.2, 0) is 11.8 Å². The van der Waals surface area contributed by atoms with Gasteiger partial charge in [-0.3, -0.25) is 14.5 Å². The molecule has 0 aliphatic carbocycles. The van der Waals surface area contributed by atoms with Crippen LogP contribution in [0.4, 0.5) is 4.79 Å². The van der Waals surface area contributed by atoms with E-state index in [1.165, 1.54) is 7.05 Å². The van der Waals surface area contributed by atoms with Crippen molar-refractivity contribution in [2.24, 2.45) is 7.05 Å². The second-order valence-corrected chi connectivity index (χ2v) is 4.28. The van der Waals surface area contributed by atoms with Crippen molar-refractivity contribution in [1.82, 2.24) is 9.47 Å². The molecular weight excluding hydrogens is 212 g/mol. The lowest BCUT2D eigenvalue weighted by molar-refractivity contribution is -0.121. The number of aromatic nitrogens is 1. The minimum atomic E-state index is -0.230. The number of thioether (sulfide) groups is 1. The number of likely N-dealkylation sites (N-methyl/N-ethyl adjacent to an activating group) is 1. The Kier molecular flexibility index (Phi) is 2.40. The normalized spacial score (nSPS) is 19.3. The SMILES string of the molecule is CN1C(=O)S/C(=C/c2cccn2C)C1=O. The summed E-state index contributed by atoms with van der Waals surface area (Å²) in [6.45, 7) is 0. The third-order valence-corrected chi connectivity index (χ3v) is 3.21. The van der Waals surface area contributed by atoms with E-state index in [9.17, 15) is 9.59 Å². The first kappa shape index (κ1) is 10.0. The smallest absolute Gasteiger partial charge is 0.293 e. The van der Waals surface area contributed by atoms with Gasteiger partial charge < -0.3 is 4.57 Å². The summed E-state index contributed by atoms with van der Waals surface area (Å²) in [6, 6.07) is 3.78. The van der Waals surface area contributed by atoms with Crippen molar-refractivity contribution in [3.05, 3.63) is 28.9 Å². The van der Waals surface area contributed by atoms with Gasteiger partial charge in [0.2, 0.25) is 0 Å². The standard InChI is InChI=1S/C10H10N2O2S/c1-11-5-3-4-7(11)6-8-9(13)12(2)10(14)15-8/h3-6H,1-2H3/b8-6+. The van der Waals surface area contributed by atoms with Gasteiger partial charge in [-0.05, 0) is 30.0 Å². The predicted octanol–water partition coefficient (Wildman–Crippen LogP) is 1.69. The summed E-state index contributed by atoms with van der Waals surface area (Å²) < 4.78 is 1.89. The molecule has 0 saturated carbocycles. The minimum absolute atomic E-state index is 0.222. The largest absolute Gasteiger partial charge is 0.351 e. The molecule has 1 aromatic heterocycles. The lowest BCUT2D eigenvalue weighted by Gasteiger charge is -2.01. The maximum Gasteiger partial charge on any atom is 0.293 e. The number of aryl methyl sites for hydroxylation is 1. The van der Waals surface area contributed by atoms with Crippen LogP contribution in [0.5, 0.6) is 0 Å². The molecule has 1 aliphatic heterocycles. The molecule has 2 heterocycles. The van der Waals surface area contributed by atoms with Crippen LogP contribution in [-0.4, -0.2) is 27.7 Å². The fourth-order valence-electron chi connectivity index (χ4n) is 1.30. The van der Waals surface area contributed by atoms with Crippen LogP contribution in [0.1, 0.15) is 5.69 Å². The van der Waals surface area contributed by atoms with Gasteiger partial charge in [-0.15, -0.1) is 0 Å². The Labute approximate surface area is 91.6 Å². The van der Waals surface area contributed by atoms with E-state index in [1.54, 1.807) is 6.08 Å². The Balaban J connectivity index is 2.34. The average Bonchev–Trinajstić information content (AvgIpc) is 2.69. The van der Waals surface area contributed by atoms with E-state index >= 15 is 0 Å². The van der Waals surface area contributed by atoms with Crippen molar-refractivity contribution in [3.63, 3.8) is 0 Å². The summed E-state index contributed by atoms with van der Waals surface area (Å²) in [4.78, 5) is 24.4. The maximum absolute atomic E-state index is 11.6. The fourth-order valence-corrected chi connectivity index (χ4v) is 2.12. The van der Waals surface area contributed by atoms with Crippen LogP contribution in [0.25, 0.3) is 6.08 Å². The third kappa shape index (κ3) is 1.70. The molecule has 0 radical (unpaired) electrons. The molecule has 0 aromatic carbocycles. The molecule has 2 rings (SSSR count). The predicted molar refractivity (Wildman–Crippen MR) is 59.1 cm³/mol. The highest BCUT2D eigenvalue weighted by molar-refractivity contribution is 8.18. The monoisotopic (exact) mass is 222 g/mol. The number of carbonyl (C=O) groups is 2. The molecule has 4 nitrogen and oxygen atoms in total. The van der Waals surface area contributed by atoms with E-state index in [0.717, 1.165) is 22.4 Å². The molecular formula is C10H10N2O2S. The van der Waals surface area contributed by atoms with Gasteiger partial charge in [0.15, 0.2) is 0 Å². The van der Waals surface area contributed by atoms with Gasteiger partial charge in [0.05, 0.1) is 4.91 Å². The number of carbonyl (C=O) groups excluding carboxylic acids is 2. The summed E-state index contributed by atoms with van der Waals surface area (Å²) >= 11 is 0.974. The summed E-state index contributed by atoms with van der Waals surface area (Å²) in [5, 5.41) is -0.222. The average molecular weight is 222 g/mol. The zero-order valence-electron chi connectivity index (χ0n) is 8.43. The van der Waals surface area contributed by atoms with Gasteiger partial charge in [-0.2, -0.15) is 0 Å². The van der Waals surface area contributed by atoms with Gasteiger partial charge in [-0.25, -0.2) is 0 Å². The Morgan fingerprint density at radius 2 is 2.07 bits per heavy atom. The summed E-state index contributed by atoms with van der Waals surface area (Å²) in [6.07, 6.45) is 3.62. The second kappa shape index (κ2) is 3.58. The molecule has 0 spiro atoms.